The first-order chi connectivity index (χ1) is 13.7. The Morgan fingerprint density at radius 1 is 0.893 bits per heavy atom. The first kappa shape index (κ1) is 20.4. The first-order valence-electron chi connectivity index (χ1n) is 10.2. The lowest BCUT2D eigenvalue weighted by molar-refractivity contribution is -0.928. The summed E-state index contributed by atoms with van der Waals surface area (Å²) in [5, 5.41) is 0. The second kappa shape index (κ2) is 10.3. The molecule has 0 fully saturated rings. The summed E-state index contributed by atoms with van der Waals surface area (Å²) >= 11 is 0. The zero-order valence-electron chi connectivity index (χ0n) is 17.4. The Labute approximate surface area is 169 Å². The predicted octanol–water partition coefficient (Wildman–Crippen LogP) is 3.77. The van der Waals surface area contributed by atoms with Gasteiger partial charge in [-0.3, -0.25) is 0 Å². The third kappa shape index (κ3) is 5.82. The van der Waals surface area contributed by atoms with Crippen molar-refractivity contribution in [3.8, 4) is 0 Å². The Morgan fingerprint density at radius 3 is 2.43 bits per heavy atom. The average Bonchev–Trinajstić information content (AvgIpc) is 3.12. The van der Waals surface area contributed by atoms with Gasteiger partial charge in [0.05, 0.1) is 18.8 Å². The van der Waals surface area contributed by atoms with Crippen LogP contribution >= 0.6 is 0 Å². The molecule has 0 bridgehead atoms. The molecule has 28 heavy (non-hydrogen) atoms. The van der Waals surface area contributed by atoms with Crippen molar-refractivity contribution >= 4 is 0 Å². The molecule has 1 unspecified atom stereocenters. The summed E-state index contributed by atoms with van der Waals surface area (Å²) in [6.45, 7) is 9.28. The van der Waals surface area contributed by atoms with Gasteiger partial charge in [0, 0.05) is 31.8 Å². The van der Waals surface area contributed by atoms with Crippen molar-refractivity contribution in [1.29, 1.82) is 0 Å². The summed E-state index contributed by atoms with van der Waals surface area (Å²) in [5.74, 6) is 0. The van der Waals surface area contributed by atoms with Gasteiger partial charge in [-0.2, -0.15) is 0 Å². The molecule has 3 nitrogen and oxygen atoms in total. The maximum Gasteiger partial charge on any atom is 0.118 e. The van der Waals surface area contributed by atoms with Crippen molar-refractivity contribution in [3.63, 3.8) is 0 Å². The lowest BCUT2D eigenvalue weighted by Crippen LogP contribution is -3.09. The maximum atomic E-state index is 5.30. The Balaban J connectivity index is 1.72. The van der Waals surface area contributed by atoms with Crippen LogP contribution in [0.25, 0.3) is 0 Å². The van der Waals surface area contributed by atoms with Gasteiger partial charge >= 0.3 is 0 Å². The minimum absolute atomic E-state index is 0.821. The van der Waals surface area contributed by atoms with Crippen molar-refractivity contribution in [2.75, 3.05) is 20.3 Å². The molecule has 1 aromatic heterocycles. The largest absolute Gasteiger partial charge is 0.384 e. The highest BCUT2D eigenvalue weighted by Gasteiger charge is 2.14. The average molecular weight is 378 g/mol. The molecule has 0 saturated heterocycles. The van der Waals surface area contributed by atoms with Gasteiger partial charge < -0.3 is 14.2 Å². The molecular formula is C25H33N2O+. The Hall–Kier alpha value is -2.36. The van der Waals surface area contributed by atoms with Crippen molar-refractivity contribution < 1.29 is 9.64 Å². The summed E-state index contributed by atoms with van der Waals surface area (Å²) in [5.41, 5.74) is 6.86. The van der Waals surface area contributed by atoms with E-state index in [2.05, 4.69) is 85.3 Å². The van der Waals surface area contributed by atoms with Gasteiger partial charge in [-0.25, -0.2) is 0 Å². The zero-order valence-corrected chi connectivity index (χ0v) is 17.4. The molecule has 3 aromatic rings. The molecule has 148 valence electrons. The quantitative estimate of drug-likeness (QED) is 0.533. The van der Waals surface area contributed by atoms with E-state index in [1.54, 1.807) is 12.0 Å². The van der Waals surface area contributed by atoms with Crippen LogP contribution in [0.1, 0.15) is 34.4 Å². The second-order valence-corrected chi connectivity index (χ2v) is 7.74. The fourth-order valence-electron chi connectivity index (χ4n) is 3.69. The van der Waals surface area contributed by atoms with Crippen molar-refractivity contribution in [3.05, 3.63) is 94.8 Å². The number of hydrogen-bond donors (Lipinski definition) is 1. The standard InChI is InChI=1S/C25H32N2O/c1-21-11-13-23(14-12-21)18-27-16-6-10-25(27)20-26(15-7-17-28-3)19-24-9-5-4-8-22(24)2/h4-6,8-14,16H,7,15,17-20H2,1-3H3/p+1. The predicted molar refractivity (Wildman–Crippen MR) is 116 cm³/mol. The molecule has 3 rings (SSSR count). The van der Waals surface area contributed by atoms with Gasteiger partial charge in [0.1, 0.15) is 13.1 Å². The third-order valence-corrected chi connectivity index (χ3v) is 5.41. The monoisotopic (exact) mass is 377 g/mol. The number of ether oxygens (including phenoxy) is 1. The van der Waals surface area contributed by atoms with E-state index in [1.165, 1.54) is 27.9 Å². The fraction of sp³-hybridized carbons (Fsp3) is 0.360. The lowest BCUT2D eigenvalue weighted by atomic mass is 10.1. The van der Waals surface area contributed by atoms with Gasteiger partial charge in [0.25, 0.3) is 0 Å². The highest BCUT2D eigenvalue weighted by Crippen LogP contribution is 2.10. The number of quaternary nitrogens is 1. The molecule has 0 amide bonds. The molecule has 0 aliphatic heterocycles. The molecule has 2 aromatic carbocycles. The summed E-state index contributed by atoms with van der Waals surface area (Å²) in [7, 11) is 1.79. The SMILES string of the molecule is COCCC[NH+](Cc1ccccc1C)Cc1cccn1Cc1ccc(C)cc1. The van der Waals surface area contributed by atoms with E-state index in [4.69, 9.17) is 4.74 Å². The molecule has 0 aliphatic rings. The first-order valence-corrected chi connectivity index (χ1v) is 10.2. The highest BCUT2D eigenvalue weighted by atomic mass is 16.5. The normalized spacial score (nSPS) is 12.2. The molecule has 1 N–H and O–H groups in total. The number of nitrogens with one attached hydrogen (secondary N) is 1. The maximum absolute atomic E-state index is 5.30. The van der Waals surface area contributed by atoms with Gasteiger partial charge in [-0.15, -0.1) is 0 Å². The van der Waals surface area contributed by atoms with E-state index in [0.29, 0.717) is 0 Å². The van der Waals surface area contributed by atoms with Gasteiger partial charge in [0.2, 0.25) is 0 Å². The van der Waals surface area contributed by atoms with Crippen LogP contribution in [0, 0.1) is 13.8 Å². The minimum Gasteiger partial charge on any atom is -0.384 e. The molecule has 0 radical (unpaired) electrons. The van der Waals surface area contributed by atoms with Crippen LogP contribution in [0.5, 0.6) is 0 Å². The molecule has 0 saturated carbocycles. The third-order valence-electron chi connectivity index (χ3n) is 5.41. The number of rotatable bonds is 10. The molecule has 1 heterocycles. The van der Waals surface area contributed by atoms with Gasteiger partial charge in [-0.1, -0.05) is 54.1 Å². The van der Waals surface area contributed by atoms with E-state index in [0.717, 1.165) is 39.2 Å². The Morgan fingerprint density at radius 2 is 1.68 bits per heavy atom. The highest BCUT2D eigenvalue weighted by molar-refractivity contribution is 5.25. The molecule has 0 spiro atoms. The number of benzene rings is 2. The van der Waals surface area contributed by atoms with E-state index < -0.39 is 0 Å². The van der Waals surface area contributed by atoms with E-state index in [9.17, 15) is 0 Å². The van der Waals surface area contributed by atoms with Crippen LogP contribution < -0.4 is 4.90 Å². The number of aromatic nitrogens is 1. The topological polar surface area (TPSA) is 18.6 Å². The lowest BCUT2D eigenvalue weighted by Gasteiger charge is -2.21. The van der Waals surface area contributed by atoms with Crippen LogP contribution in [0.15, 0.2) is 66.9 Å². The Bertz CT molecular complexity index is 851. The van der Waals surface area contributed by atoms with Gasteiger partial charge in [-0.05, 0) is 37.1 Å². The van der Waals surface area contributed by atoms with Crippen LogP contribution in [-0.4, -0.2) is 24.8 Å². The fourth-order valence-corrected chi connectivity index (χ4v) is 3.69. The van der Waals surface area contributed by atoms with E-state index >= 15 is 0 Å². The van der Waals surface area contributed by atoms with Crippen molar-refractivity contribution in [2.24, 2.45) is 0 Å². The molecule has 0 aliphatic carbocycles. The van der Waals surface area contributed by atoms with Crippen LogP contribution in [-0.2, 0) is 24.4 Å². The van der Waals surface area contributed by atoms with E-state index in [-0.39, 0.29) is 0 Å². The molecule has 3 heteroatoms. The smallest absolute Gasteiger partial charge is 0.118 e. The van der Waals surface area contributed by atoms with Crippen LogP contribution in [0.3, 0.4) is 0 Å². The summed E-state index contributed by atoms with van der Waals surface area (Å²) < 4.78 is 7.68. The molecule has 1 atom stereocenters. The number of hydrogen-bond acceptors (Lipinski definition) is 1. The van der Waals surface area contributed by atoms with Gasteiger partial charge in [0.15, 0.2) is 0 Å². The number of methoxy groups -OCH3 is 1. The van der Waals surface area contributed by atoms with E-state index in [1.807, 2.05) is 0 Å². The Kier molecular flexibility index (Phi) is 7.46. The van der Waals surface area contributed by atoms with Crippen molar-refractivity contribution in [1.82, 2.24) is 4.57 Å². The summed E-state index contributed by atoms with van der Waals surface area (Å²) in [6.07, 6.45) is 3.28. The number of aryl methyl sites for hydroxylation is 2. The summed E-state index contributed by atoms with van der Waals surface area (Å²) in [4.78, 5) is 1.58. The van der Waals surface area contributed by atoms with Crippen LogP contribution in [0.4, 0.5) is 0 Å². The zero-order chi connectivity index (χ0) is 19.8. The second-order valence-electron chi connectivity index (χ2n) is 7.74. The molecular weight excluding hydrogens is 344 g/mol. The number of nitrogens with zero attached hydrogens (tertiary/aromatic N) is 1. The minimum atomic E-state index is 0.821. The van der Waals surface area contributed by atoms with Crippen molar-refractivity contribution in [2.45, 2.75) is 39.9 Å². The van der Waals surface area contributed by atoms with Crippen LogP contribution in [0.2, 0.25) is 0 Å². The summed E-state index contributed by atoms with van der Waals surface area (Å²) in [6, 6.07) is 22.0.